The van der Waals surface area contributed by atoms with Crippen molar-refractivity contribution in [1.82, 2.24) is 20.3 Å². The third-order valence-electron chi connectivity index (χ3n) is 6.58. The predicted molar refractivity (Wildman–Crippen MR) is 121 cm³/mol. The minimum Gasteiger partial charge on any atom is -0.361 e. The first-order chi connectivity index (χ1) is 16.3. The van der Waals surface area contributed by atoms with Crippen LogP contribution in [0.5, 0.6) is 0 Å². The molecule has 1 unspecified atom stereocenters. The van der Waals surface area contributed by atoms with Crippen LogP contribution in [0.2, 0.25) is 0 Å². The van der Waals surface area contributed by atoms with Crippen molar-refractivity contribution in [2.75, 3.05) is 13.1 Å². The Balaban J connectivity index is 1.66. The first kappa shape index (κ1) is 23.9. The van der Waals surface area contributed by atoms with E-state index >= 15 is 0 Å². The van der Waals surface area contributed by atoms with Gasteiger partial charge in [0.2, 0.25) is 0 Å². The largest absolute Gasteiger partial charge is 0.361 e. The Kier molecular flexibility index (Phi) is 6.97. The normalized spacial score (nSPS) is 23.0. The van der Waals surface area contributed by atoms with Crippen molar-refractivity contribution in [1.29, 1.82) is 0 Å². The van der Waals surface area contributed by atoms with Crippen LogP contribution in [-0.2, 0) is 4.79 Å². The van der Waals surface area contributed by atoms with E-state index in [-0.39, 0.29) is 36.3 Å². The van der Waals surface area contributed by atoms with Crippen molar-refractivity contribution in [3.05, 3.63) is 52.7 Å². The summed E-state index contributed by atoms with van der Waals surface area (Å²) in [5.74, 6) is -1.59. The lowest BCUT2D eigenvalue weighted by molar-refractivity contribution is -0.133. The summed E-state index contributed by atoms with van der Waals surface area (Å²) in [6.07, 6.45) is 2.34. The van der Waals surface area contributed by atoms with E-state index in [0.29, 0.717) is 17.9 Å². The fourth-order valence-corrected chi connectivity index (χ4v) is 4.79. The van der Waals surface area contributed by atoms with Gasteiger partial charge in [-0.25, -0.2) is 4.39 Å². The van der Waals surface area contributed by atoms with Crippen molar-refractivity contribution in [3.63, 3.8) is 0 Å². The number of carbonyl (C=O) groups is 3. The molecule has 0 radical (unpaired) electrons. The summed E-state index contributed by atoms with van der Waals surface area (Å²) in [5.41, 5.74) is 6.80. The summed E-state index contributed by atoms with van der Waals surface area (Å²) in [4.78, 5) is 43.2. The molecule has 182 valence electrons. The molecule has 1 saturated heterocycles. The molecule has 34 heavy (non-hydrogen) atoms. The van der Waals surface area contributed by atoms with Crippen molar-refractivity contribution in [2.45, 2.75) is 64.2 Å². The molecule has 2 heterocycles. The molecule has 1 aliphatic heterocycles. The fourth-order valence-electron chi connectivity index (χ4n) is 4.79. The molecule has 2 fully saturated rings. The highest BCUT2D eigenvalue weighted by Crippen LogP contribution is 2.25. The highest BCUT2D eigenvalue weighted by Gasteiger charge is 2.42. The number of amides is 3. The van der Waals surface area contributed by atoms with Gasteiger partial charge in [-0.1, -0.05) is 11.2 Å². The maximum Gasteiger partial charge on any atom is 0.264 e. The molecule has 1 aliphatic carbocycles. The highest BCUT2D eigenvalue weighted by molar-refractivity contribution is 6.02. The first-order valence-electron chi connectivity index (χ1n) is 11.6. The summed E-state index contributed by atoms with van der Waals surface area (Å²) in [6.45, 7) is 3.83. The van der Waals surface area contributed by atoms with Gasteiger partial charge in [0.05, 0.1) is 5.69 Å². The minimum atomic E-state index is -1.18. The number of hydrogen-bond donors (Lipinski definition) is 2. The van der Waals surface area contributed by atoms with Crippen molar-refractivity contribution >= 4 is 17.7 Å². The van der Waals surface area contributed by atoms with Crippen LogP contribution in [-0.4, -0.2) is 64.0 Å². The SMILES string of the molecule is Cc1noc(C)c1C(=O)N1CCCN(C(=O)c2cccc(F)c2)C1C(=O)NC1CCC(N)CC1. The van der Waals surface area contributed by atoms with Gasteiger partial charge >= 0.3 is 0 Å². The molecule has 1 aromatic heterocycles. The maximum absolute atomic E-state index is 13.8. The van der Waals surface area contributed by atoms with E-state index in [1.54, 1.807) is 13.8 Å². The summed E-state index contributed by atoms with van der Waals surface area (Å²) in [6, 6.07) is 5.35. The number of hydrogen-bond acceptors (Lipinski definition) is 6. The number of carbonyl (C=O) groups excluding carboxylic acids is 3. The number of aryl methyl sites for hydroxylation is 2. The summed E-state index contributed by atoms with van der Waals surface area (Å²) in [5, 5.41) is 6.88. The van der Waals surface area contributed by atoms with Crippen LogP contribution in [0.3, 0.4) is 0 Å². The van der Waals surface area contributed by atoms with Crippen LogP contribution in [0.1, 0.15) is 64.3 Å². The van der Waals surface area contributed by atoms with E-state index in [1.807, 2.05) is 0 Å². The molecule has 10 heteroatoms. The number of aromatic nitrogens is 1. The van der Waals surface area contributed by atoms with Gasteiger partial charge in [-0.15, -0.1) is 0 Å². The first-order valence-corrected chi connectivity index (χ1v) is 11.6. The van der Waals surface area contributed by atoms with Crippen LogP contribution in [0.15, 0.2) is 28.8 Å². The third-order valence-corrected chi connectivity index (χ3v) is 6.58. The van der Waals surface area contributed by atoms with Crippen LogP contribution in [0.25, 0.3) is 0 Å². The topological polar surface area (TPSA) is 122 Å². The number of benzene rings is 1. The van der Waals surface area contributed by atoms with Gasteiger partial charge in [-0.05, 0) is 64.2 Å². The zero-order valence-corrected chi connectivity index (χ0v) is 19.4. The van der Waals surface area contributed by atoms with Gasteiger partial charge in [0, 0.05) is 30.7 Å². The van der Waals surface area contributed by atoms with Gasteiger partial charge in [-0.3, -0.25) is 14.4 Å². The van der Waals surface area contributed by atoms with Gasteiger partial charge in [-0.2, -0.15) is 0 Å². The number of nitrogens with one attached hydrogen (secondary N) is 1. The molecular formula is C24H30FN5O4. The molecule has 1 aromatic carbocycles. The van der Waals surface area contributed by atoms with Crippen molar-refractivity contribution < 1.29 is 23.3 Å². The number of halogens is 1. The zero-order valence-electron chi connectivity index (χ0n) is 19.4. The molecule has 3 N–H and O–H groups in total. The van der Waals surface area contributed by atoms with E-state index in [9.17, 15) is 18.8 Å². The van der Waals surface area contributed by atoms with Gasteiger partial charge in [0.25, 0.3) is 17.7 Å². The molecule has 2 aliphatic rings. The second kappa shape index (κ2) is 9.92. The molecule has 1 atom stereocenters. The number of nitrogens with zero attached hydrogens (tertiary/aromatic N) is 3. The second-order valence-electron chi connectivity index (χ2n) is 9.05. The van der Waals surface area contributed by atoms with E-state index in [0.717, 1.165) is 31.7 Å². The van der Waals surface area contributed by atoms with E-state index in [4.69, 9.17) is 10.3 Å². The van der Waals surface area contributed by atoms with Crippen molar-refractivity contribution in [2.24, 2.45) is 5.73 Å². The average Bonchev–Trinajstić information content (AvgIpc) is 3.16. The van der Waals surface area contributed by atoms with E-state index in [1.165, 1.54) is 28.0 Å². The quantitative estimate of drug-likeness (QED) is 0.705. The standard InChI is InChI=1S/C24H30FN5O4/c1-14-20(15(2)34-28-14)24(33)30-12-4-11-29(23(32)16-5-3-6-17(25)13-16)22(30)21(31)27-19-9-7-18(26)8-10-19/h3,5-6,13,18-19,22H,4,7-12,26H2,1-2H3,(H,27,31). The molecule has 0 spiro atoms. The fraction of sp³-hybridized carbons (Fsp3) is 0.500. The average molecular weight is 472 g/mol. The Morgan fingerprint density at radius 1 is 1.09 bits per heavy atom. The van der Waals surface area contributed by atoms with Crippen LogP contribution in [0.4, 0.5) is 4.39 Å². The maximum atomic E-state index is 13.8. The molecule has 9 nitrogen and oxygen atoms in total. The zero-order chi connectivity index (χ0) is 24.4. The van der Waals surface area contributed by atoms with E-state index < -0.39 is 29.7 Å². The van der Waals surface area contributed by atoms with E-state index in [2.05, 4.69) is 10.5 Å². The van der Waals surface area contributed by atoms with Gasteiger partial charge in [0.15, 0.2) is 6.17 Å². The third kappa shape index (κ3) is 4.82. The molecule has 2 aromatic rings. The molecule has 4 rings (SSSR count). The molecule has 3 amide bonds. The lowest BCUT2D eigenvalue weighted by atomic mass is 9.91. The van der Waals surface area contributed by atoms with Crippen LogP contribution >= 0.6 is 0 Å². The smallest absolute Gasteiger partial charge is 0.264 e. The summed E-state index contributed by atoms with van der Waals surface area (Å²) >= 11 is 0. The lowest BCUT2D eigenvalue weighted by Crippen LogP contribution is -2.64. The lowest BCUT2D eigenvalue weighted by Gasteiger charge is -2.43. The monoisotopic (exact) mass is 471 g/mol. The summed E-state index contributed by atoms with van der Waals surface area (Å²) in [7, 11) is 0. The van der Waals surface area contributed by atoms with Gasteiger partial charge in [0.1, 0.15) is 17.1 Å². The summed E-state index contributed by atoms with van der Waals surface area (Å²) < 4.78 is 19.0. The highest BCUT2D eigenvalue weighted by atomic mass is 19.1. The Hall–Kier alpha value is -3.27. The van der Waals surface area contributed by atoms with Crippen LogP contribution in [0, 0.1) is 19.7 Å². The Labute approximate surface area is 197 Å². The Bertz CT molecular complexity index is 1060. The molecule has 1 saturated carbocycles. The molecule has 0 bridgehead atoms. The van der Waals surface area contributed by atoms with Crippen LogP contribution < -0.4 is 11.1 Å². The molecular weight excluding hydrogens is 441 g/mol. The second-order valence-corrected chi connectivity index (χ2v) is 9.05. The van der Waals surface area contributed by atoms with Crippen molar-refractivity contribution in [3.8, 4) is 0 Å². The minimum absolute atomic E-state index is 0.0867. The number of rotatable bonds is 4. The van der Waals surface area contributed by atoms with Gasteiger partial charge < -0.3 is 25.4 Å². The predicted octanol–water partition coefficient (Wildman–Crippen LogP) is 2.13. The Morgan fingerprint density at radius 3 is 2.38 bits per heavy atom. The number of nitrogens with two attached hydrogens (primary N) is 1. The Morgan fingerprint density at radius 2 is 1.76 bits per heavy atom.